The van der Waals surface area contributed by atoms with E-state index < -0.39 is 0 Å². The van der Waals surface area contributed by atoms with Crippen molar-refractivity contribution in [1.29, 1.82) is 0 Å². The third-order valence-corrected chi connectivity index (χ3v) is 4.37. The van der Waals surface area contributed by atoms with Gasteiger partial charge in [0.25, 0.3) is 0 Å². The van der Waals surface area contributed by atoms with Gasteiger partial charge >= 0.3 is 0 Å². The van der Waals surface area contributed by atoms with Gasteiger partial charge in [-0.25, -0.2) is 0 Å². The summed E-state index contributed by atoms with van der Waals surface area (Å²) >= 11 is 0. The van der Waals surface area contributed by atoms with Crippen molar-refractivity contribution in [3.63, 3.8) is 0 Å². The zero-order valence-corrected chi connectivity index (χ0v) is 12.9. The van der Waals surface area contributed by atoms with Crippen LogP contribution in [0.2, 0.25) is 0 Å². The Morgan fingerprint density at radius 1 is 1.30 bits per heavy atom. The molecule has 1 aromatic rings. The molecule has 0 spiro atoms. The van der Waals surface area contributed by atoms with Crippen molar-refractivity contribution < 1.29 is 9.47 Å². The molecule has 20 heavy (non-hydrogen) atoms. The van der Waals surface area contributed by atoms with Crippen LogP contribution < -0.4 is 5.32 Å². The van der Waals surface area contributed by atoms with E-state index in [0.717, 1.165) is 39.0 Å². The summed E-state index contributed by atoms with van der Waals surface area (Å²) in [5.41, 5.74) is 2.55. The van der Waals surface area contributed by atoms with Gasteiger partial charge in [0.15, 0.2) is 0 Å². The van der Waals surface area contributed by atoms with Gasteiger partial charge in [0.05, 0.1) is 11.6 Å². The van der Waals surface area contributed by atoms with E-state index in [1.165, 1.54) is 11.1 Å². The van der Waals surface area contributed by atoms with Gasteiger partial charge in [-0.05, 0) is 24.1 Å². The van der Waals surface area contributed by atoms with Crippen LogP contribution in [0.3, 0.4) is 0 Å². The fourth-order valence-electron chi connectivity index (χ4n) is 3.13. The molecule has 1 saturated heterocycles. The Morgan fingerprint density at radius 3 is 2.65 bits per heavy atom. The Labute approximate surface area is 122 Å². The van der Waals surface area contributed by atoms with Gasteiger partial charge in [-0.15, -0.1) is 0 Å². The summed E-state index contributed by atoms with van der Waals surface area (Å²) in [5.74, 6) is 0. The van der Waals surface area contributed by atoms with Crippen LogP contribution in [-0.2, 0) is 15.9 Å². The lowest BCUT2D eigenvalue weighted by Crippen LogP contribution is -2.49. The molecule has 0 amide bonds. The number of likely N-dealkylation sites (N-methyl/N-ethyl adjacent to an activating group) is 1. The summed E-state index contributed by atoms with van der Waals surface area (Å²) in [4.78, 5) is 0. The molecular weight excluding hydrogens is 250 g/mol. The standard InChI is InChI=1S/C17H27NO2/c1-4-14-7-6-8-15(13-14)16(18-5-2)17(19-3)9-11-20-12-10-17/h6-8,13,16,18H,4-5,9-12H2,1-3H3. The monoisotopic (exact) mass is 277 g/mol. The fraction of sp³-hybridized carbons (Fsp3) is 0.647. The second kappa shape index (κ2) is 7.21. The number of aryl methyl sites for hydroxylation is 1. The van der Waals surface area contributed by atoms with E-state index in [-0.39, 0.29) is 11.6 Å². The SMILES string of the molecule is CCNC(c1cccc(CC)c1)C1(OC)CCOCC1. The van der Waals surface area contributed by atoms with E-state index in [1.807, 2.05) is 7.11 Å². The van der Waals surface area contributed by atoms with Crippen LogP contribution in [0.25, 0.3) is 0 Å². The largest absolute Gasteiger partial charge is 0.381 e. The van der Waals surface area contributed by atoms with Crippen LogP contribution in [0, 0.1) is 0 Å². The molecule has 1 aliphatic rings. The molecule has 1 heterocycles. The first-order valence-electron chi connectivity index (χ1n) is 7.71. The Kier molecular flexibility index (Phi) is 5.58. The van der Waals surface area contributed by atoms with E-state index in [4.69, 9.17) is 9.47 Å². The predicted octanol–water partition coefficient (Wildman–Crippen LogP) is 3.10. The highest BCUT2D eigenvalue weighted by atomic mass is 16.5. The van der Waals surface area contributed by atoms with Gasteiger partial charge in [0, 0.05) is 33.2 Å². The highest BCUT2D eigenvalue weighted by Crippen LogP contribution is 2.37. The molecule has 3 heteroatoms. The molecule has 1 fully saturated rings. The molecule has 0 radical (unpaired) electrons. The highest BCUT2D eigenvalue weighted by molar-refractivity contribution is 5.28. The second-order valence-electron chi connectivity index (χ2n) is 5.47. The van der Waals surface area contributed by atoms with E-state index in [1.54, 1.807) is 0 Å². The van der Waals surface area contributed by atoms with Crippen molar-refractivity contribution in [2.24, 2.45) is 0 Å². The van der Waals surface area contributed by atoms with Gasteiger partial charge < -0.3 is 14.8 Å². The van der Waals surface area contributed by atoms with Gasteiger partial charge in [0.1, 0.15) is 0 Å². The first kappa shape index (κ1) is 15.5. The van der Waals surface area contributed by atoms with Gasteiger partial charge in [-0.1, -0.05) is 38.1 Å². The summed E-state index contributed by atoms with van der Waals surface area (Å²) in [6.45, 7) is 6.85. The molecule has 1 aliphatic heterocycles. The number of benzene rings is 1. The van der Waals surface area contributed by atoms with E-state index in [9.17, 15) is 0 Å². The van der Waals surface area contributed by atoms with Crippen LogP contribution in [-0.4, -0.2) is 32.5 Å². The minimum absolute atomic E-state index is 0.152. The van der Waals surface area contributed by atoms with Crippen molar-refractivity contribution >= 4 is 0 Å². The summed E-state index contributed by atoms with van der Waals surface area (Å²) in [5, 5.41) is 3.63. The molecule has 0 saturated carbocycles. The van der Waals surface area contributed by atoms with Crippen LogP contribution in [0.1, 0.15) is 43.9 Å². The van der Waals surface area contributed by atoms with Crippen LogP contribution >= 0.6 is 0 Å². The van der Waals surface area contributed by atoms with E-state index in [2.05, 4.69) is 43.4 Å². The highest BCUT2D eigenvalue weighted by Gasteiger charge is 2.41. The topological polar surface area (TPSA) is 30.5 Å². The number of methoxy groups -OCH3 is 1. The summed E-state index contributed by atoms with van der Waals surface area (Å²) in [7, 11) is 1.83. The minimum atomic E-state index is -0.152. The lowest BCUT2D eigenvalue weighted by molar-refractivity contribution is -0.111. The van der Waals surface area contributed by atoms with Crippen molar-refractivity contribution in [2.75, 3.05) is 26.9 Å². The third kappa shape index (κ3) is 3.22. The Bertz CT molecular complexity index is 413. The van der Waals surface area contributed by atoms with Gasteiger partial charge in [0.2, 0.25) is 0 Å². The molecule has 0 bridgehead atoms. The molecule has 112 valence electrons. The van der Waals surface area contributed by atoms with Crippen LogP contribution in [0.15, 0.2) is 24.3 Å². The van der Waals surface area contributed by atoms with E-state index in [0.29, 0.717) is 0 Å². The Hall–Kier alpha value is -0.900. The number of hydrogen-bond donors (Lipinski definition) is 1. The normalized spacial score (nSPS) is 19.8. The van der Waals surface area contributed by atoms with Crippen LogP contribution in [0.5, 0.6) is 0 Å². The lowest BCUT2D eigenvalue weighted by atomic mass is 9.81. The van der Waals surface area contributed by atoms with Crippen molar-refractivity contribution in [1.82, 2.24) is 5.32 Å². The van der Waals surface area contributed by atoms with Crippen molar-refractivity contribution in [3.05, 3.63) is 35.4 Å². The molecule has 3 nitrogen and oxygen atoms in total. The minimum Gasteiger partial charge on any atom is -0.381 e. The first-order chi connectivity index (χ1) is 9.75. The zero-order chi connectivity index (χ0) is 14.4. The maximum atomic E-state index is 5.98. The van der Waals surface area contributed by atoms with Crippen LogP contribution in [0.4, 0.5) is 0 Å². The quantitative estimate of drug-likeness (QED) is 0.866. The second-order valence-corrected chi connectivity index (χ2v) is 5.47. The maximum absolute atomic E-state index is 5.98. The van der Waals surface area contributed by atoms with Crippen molar-refractivity contribution in [3.8, 4) is 0 Å². The molecule has 0 aromatic heterocycles. The zero-order valence-electron chi connectivity index (χ0n) is 12.9. The smallest absolute Gasteiger partial charge is 0.0916 e. The van der Waals surface area contributed by atoms with E-state index >= 15 is 0 Å². The molecule has 1 aromatic carbocycles. The van der Waals surface area contributed by atoms with Crippen molar-refractivity contribution in [2.45, 2.75) is 44.8 Å². The van der Waals surface area contributed by atoms with Gasteiger partial charge in [-0.3, -0.25) is 0 Å². The fourth-order valence-corrected chi connectivity index (χ4v) is 3.13. The number of ether oxygens (including phenoxy) is 2. The average Bonchev–Trinajstić information content (AvgIpc) is 2.53. The Morgan fingerprint density at radius 2 is 2.05 bits per heavy atom. The summed E-state index contributed by atoms with van der Waals surface area (Å²) < 4.78 is 11.5. The molecular formula is C17H27NO2. The molecule has 1 N–H and O–H groups in total. The lowest BCUT2D eigenvalue weighted by Gasteiger charge is -2.43. The third-order valence-electron chi connectivity index (χ3n) is 4.37. The average molecular weight is 277 g/mol. The molecule has 1 atom stereocenters. The summed E-state index contributed by atoms with van der Waals surface area (Å²) in [6, 6.07) is 9.09. The molecule has 0 aliphatic carbocycles. The predicted molar refractivity (Wildman–Crippen MR) is 82.0 cm³/mol. The first-order valence-corrected chi connectivity index (χ1v) is 7.71. The molecule has 1 unspecified atom stereocenters. The molecule has 2 rings (SSSR count). The Balaban J connectivity index is 2.32. The number of hydrogen-bond acceptors (Lipinski definition) is 3. The summed E-state index contributed by atoms with van der Waals surface area (Å²) in [6.07, 6.45) is 2.95. The number of nitrogens with one attached hydrogen (secondary N) is 1. The number of rotatable bonds is 6. The maximum Gasteiger partial charge on any atom is 0.0916 e. The van der Waals surface area contributed by atoms with Gasteiger partial charge in [-0.2, -0.15) is 0 Å².